The maximum atomic E-state index is 12.0. The van der Waals surface area contributed by atoms with Crippen LogP contribution in [0.15, 0.2) is 4.99 Å². The average Bonchev–Trinajstić information content (AvgIpc) is 2.58. The number of nitrogens with zero attached hydrogens (tertiary/aromatic N) is 4. The Balaban J connectivity index is 0.00000338. The molecular formula is C17H34IN5O3. The SMILES string of the molecule is CC(C)(C)OC(=O)N1CCN(CCCN=C(N)N2CCOCC2)CC1.I. The van der Waals surface area contributed by atoms with Gasteiger partial charge in [-0.3, -0.25) is 9.89 Å². The van der Waals surface area contributed by atoms with Crippen LogP contribution in [-0.2, 0) is 9.47 Å². The van der Waals surface area contributed by atoms with Crippen LogP contribution in [0.4, 0.5) is 4.79 Å². The zero-order valence-electron chi connectivity index (χ0n) is 16.3. The van der Waals surface area contributed by atoms with Gasteiger partial charge in [-0.15, -0.1) is 24.0 Å². The topological polar surface area (TPSA) is 83.6 Å². The van der Waals surface area contributed by atoms with Crippen LogP contribution in [0.1, 0.15) is 27.2 Å². The number of carbonyl (C=O) groups excluding carboxylic acids is 1. The number of guanidine groups is 1. The van der Waals surface area contributed by atoms with Crippen molar-refractivity contribution in [2.24, 2.45) is 10.7 Å². The summed E-state index contributed by atoms with van der Waals surface area (Å²) in [4.78, 5) is 22.7. The fourth-order valence-corrected chi connectivity index (χ4v) is 2.86. The van der Waals surface area contributed by atoms with E-state index in [0.29, 0.717) is 19.0 Å². The van der Waals surface area contributed by atoms with Gasteiger partial charge in [0.25, 0.3) is 0 Å². The largest absolute Gasteiger partial charge is 0.444 e. The van der Waals surface area contributed by atoms with E-state index >= 15 is 0 Å². The summed E-state index contributed by atoms with van der Waals surface area (Å²) in [6, 6.07) is 0. The summed E-state index contributed by atoms with van der Waals surface area (Å²) >= 11 is 0. The van der Waals surface area contributed by atoms with E-state index in [1.807, 2.05) is 20.8 Å². The Kier molecular flexibility index (Phi) is 9.94. The summed E-state index contributed by atoms with van der Waals surface area (Å²) in [6.07, 6.45) is 0.757. The zero-order chi connectivity index (χ0) is 18.3. The van der Waals surface area contributed by atoms with Crippen molar-refractivity contribution in [3.8, 4) is 0 Å². The molecule has 2 heterocycles. The molecule has 0 aromatic carbocycles. The molecular weight excluding hydrogens is 449 g/mol. The van der Waals surface area contributed by atoms with E-state index in [1.165, 1.54) is 0 Å². The molecule has 0 spiro atoms. The summed E-state index contributed by atoms with van der Waals surface area (Å²) in [5.74, 6) is 0.623. The summed E-state index contributed by atoms with van der Waals surface area (Å²) in [6.45, 7) is 13.7. The van der Waals surface area contributed by atoms with Crippen LogP contribution in [0.2, 0.25) is 0 Å². The van der Waals surface area contributed by atoms with E-state index < -0.39 is 5.60 Å². The Morgan fingerprint density at radius 1 is 1.08 bits per heavy atom. The van der Waals surface area contributed by atoms with E-state index in [2.05, 4.69) is 14.8 Å². The van der Waals surface area contributed by atoms with E-state index in [-0.39, 0.29) is 30.1 Å². The van der Waals surface area contributed by atoms with Crippen molar-refractivity contribution in [3.05, 3.63) is 0 Å². The third-order valence-corrected chi connectivity index (χ3v) is 4.27. The molecule has 0 unspecified atom stereocenters. The van der Waals surface area contributed by atoms with Gasteiger partial charge in [-0.2, -0.15) is 0 Å². The maximum Gasteiger partial charge on any atom is 0.410 e. The second-order valence-electron chi connectivity index (χ2n) is 7.50. The number of carbonyl (C=O) groups is 1. The average molecular weight is 483 g/mol. The first kappa shape index (κ1) is 23.2. The molecule has 2 fully saturated rings. The number of hydrogen-bond acceptors (Lipinski definition) is 5. The lowest BCUT2D eigenvalue weighted by molar-refractivity contribution is 0.0145. The minimum absolute atomic E-state index is 0. The monoisotopic (exact) mass is 483 g/mol. The van der Waals surface area contributed by atoms with Crippen LogP contribution in [-0.4, -0.2) is 97.9 Å². The molecule has 2 rings (SSSR count). The van der Waals surface area contributed by atoms with Gasteiger partial charge in [-0.25, -0.2) is 4.79 Å². The Morgan fingerprint density at radius 3 is 2.27 bits per heavy atom. The molecule has 9 heteroatoms. The van der Waals surface area contributed by atoms with Crippen molar-refractivity contribution in [2.75, 3.05) is 65.6 Å². The molecule has 0 saturated carbocycles. The Hall–Kier alpha value is -0.810. The van der Waals surface area contributed by atoms with Gasteiger partial charge in [-0.05, 0) is 27.2 Å². The van der Waals surface area contributed by atoms with E-state index in [9.17, 15) is 4.79 Å². The van der Waals surface area contributed by atoms with E-state index in [1.54, 1.807) is 4.90 Å². The van der Waals surface area contributed by atoms with Crippen molar-refractivity contribution < 1.29 is 14.3 Å². The van der Waals surface area contributed by atoms with Crippen molar-refractivity contribution in [3.63, 3.8) is 0 Å². The molecule has 0 aliphatic carbocycles. The van der Waals surface area contributed by atoms with Gasteiger partial charge in [0.2, 0.25) is 0 Å². The lowest BCUT2D eigenvalue weighted by atomic mass is 10.2. The van der Waals surface area contributed by atoms with Gasteiger partial charge in [-0.1, -0.05) is 0 Å². The Bertz CT molecular complexity index is 456. The van der Waals surface area contributed by atoms with E-state index in [4.69, 9.17) is 15.2 Å². The highest BCUT2D eigenvalue weighted by Gasteiger charge is 2.25. The minimum Gasteiger partial charge on any atom is -0.444 e. The number of rotatable bonds is 4. The summed E-state index contributed by atoms with van der Waals surface area (Å²) in [5.41, 5.74) is 5.58. The zero-order valence-corrected chi connectivity index (χ0v) is 18.6. The molecule has 2 aliphatic rings. The summed E-state index contributed by atoms with van der Waals surface area (Å²) in [5, 5.41) is 0. The minimum atomic E-state index is -0.438. The van der Waals surface area contributed by atoms with Crippen molar-refractivity contribution >= 4 is 36.0 Å². The third kappa shape index (κ3) is 8.26. The van der Waals surface area contributed by atoms with Crippen LogP contribution < -0.4 is 5.73 Å². The second kappa shape index (κ2) is 11.1. The lowest BCUT2D eigenvalue weighted by Gasteiger charge is -2.35. The Labute approximate surface area is 174 Å². The van der Waals surface area contributed by atoms with Crippen LogP contribution >= 0.6 is 24.0 Å². The highest BCUT2D eigenvalue weighted by atomic mass is 127. The van der Waals surface area contributed by atoms with Crippen LogP contribution in [0.5, 0.6) is 0 Å². The number of halogens is 1. The van der Waals surface area contributed by atoms with Gasteiger partial charge in [0.15, 0.2) is 5.96 Å². The fourth-order valence-electron chi connectivity index (χ4n) is 2.86. The highest BCUT2D eigenvalue weighted by Crippen LogP contribution is 2.12. The molecule has 2 aliphatic heterocycles. The molecule has 2 saturated heterocycles. The molecule has 152 valence electrons. The van der Waals surface area contributed by atoms with Gasteiger partial charge in [0, 0.05) is 52.4 Å². The number of piperazine rings is 1. The first-order valence-electron chi connectivity index (χ1n) is 9.18. The molecule has 2 N–H and O–H groups in total. The number of amides is 1. The van der Waals surface area contributed by atoms with Crippen LogP contribution in [0, 0.1) is 0 Å². The van der Waals surface area contributed by atoms with Gasteiger partial charge in [0.1, 0.15) is 5.60 Å². The summed E-state index contributed by atoms with van der Waals surface area (Å²) in [7, 11) is 0. The second-order valence-corrected chi connectivity index (χ2v) is 7.50. The predicted molar refractivity (Wildman–Crippen MR) is 113 cm³/mol. The molecule has 0 aromatic heterocycles. The van der Waals surface area contributed by atoms with Crippen molar-refractivity contribution in [1.82, 2.24) is 14.7 Å². The molecule has 0 atom stereocenters. The Morgan fingerprint density at radius 2 is 1.69 bits per heavy atom. The number of nitrogens with two attached hydrogens (primary N) is 1. The molecule has 0 bridgehead atoms. The number of aliphatic imine (C=N–C) groups is 1. The lowest BCUT2D eigenvalue weighted by Crippen LogP contribution is -2.50. The highest BCUT2D eigenvalue weighted by molar-refractivity contribution is 14.0. The third-order valence-electron chi connectivity index (χ3n) is 4.27. The van der Waals surface area contributed by atoms with Crippen molar-refractivity contribution in [2.45, 2.75) is 32.8 Å². The maximum absolute atomic E-state index is 12.0. The van der Waals surface area contributed by atoms with Crippen LogP contribution in [0.25, 0.3) is 0 Å². The molecule has 0 radical (unpaired) electrons. The molecule has 26 heavy (non-hydrogen) atoms. The first-order valence-corrected chi connectivity index (χ1v) is 9.18. The quantitative estimate of drug-likeness (QED) is 0.280. The van der Waals surface area contributed by atoms with Gasteiger partial charge < -0.3 is 25.0 Å². The smallest absolute Gasteiger partial charge is 0.410 e. The molecule has 0 aromatic rings. The van der Waals surface area contributed by atoms with Crippen LogP contribution in [0.3, 0.4) is 0 Å². The predicted octanol–water partition coefficient (Wildman–Crippen LogP) is 1.19. The number of ether oxygens (including phenoxy) is 2. The molecule has 8 nitrogen and oxygen atoms in total. The van der Waals surface area contributed by atoms with E-state index in [0.717, 1.165) is 58.9 Å². The fraction of sp³-hybridized carbons (Fsp3) is 0.882. The van der Waals surface area contributed by atoms with Crippen molar-refractivity contribution in [1.29, 1.82) is 0 Å². The first-order chi connectivity index (χ1) is 11.8. The van der Waals surface area contributed by atoms with Gasteiger partial charge in [0.05, 0.1) is 13.2 Å². The van der Waals surface area contributed by atoms with Gasteiger partial charge >= 0.3 is 6.09 Å². The number of hydrogen-bond donors (Lipinski definition) is 1. The molecule has 1 amide bonds. The normalized spacial score (nSPS) is 19.9. The number of morpholine rings is 1. The summed E-state index contributed by atoms with van der Waals surface area (Å²) < 4.78 is 10.7. The standard InChI is InChI=1S/C17H33N5O3.HI/c1-17(2,3)25-16(23)22-9-7-20(8-10-22)6-4-5-19-15(18)21-11-13-24-14-12-21;/h4-14H2,1-3H3,(H2,18,19);1H.